The summed E-state index contributed by atoms with van der Waals surface area (Å²) in [4.78, 5) is 10.0. The minimum atomic E-state index is -0.995. The average Bonchev–Trinajstić information content (AvgIpc) is 1.82. The van der Waals surface area contributed by atoms with E-state index in [1.807, 2.05) is 0 Å². The molecule has 0 bridgehead atoms. The van der Waals surface area contributed by atoms with Crippen LogP contribution in [0.3, 0.4) is 0 Å². The molecule has 0 spiro atoms. The molecule has 1 N–H and O–H groups in total. The molecular formula is C6H8O3. The SMILES string of the molecule is C#CCO[C@H](C)C(=O)O. The van der Waals surface area contributed by atoms with Gasteiger partial charge in [-0.2, -0.15) is 0 Å². The van der Waals surface area contributed by atoms with Crippen LogP contribution in [0.2, 0.25) is 0 Å². The van der Waals surface area contributed by atoms with E-state index in [0.717, 1.165) is 0 Å². The van der Waals surface area contributed by atoms with E-state index >= 15 is 0 Å². The summed E-state index contributed by atoms with van der Waals surface area (Å²) in [6, 6.07) is 0. The van der Waals surface area contributed by atoms with Gasteiger partial charge in [-0.25, -0.2) is 4.79 Å². The number of hydrogen-bond acceptors (Lipinski definition) is 2. The highest BCUT2D eigenvalue weighted by atomic mass is 16.5. The van der Waals surface area contributed by atoms with Crippen LogP contribution < -0.4 is 0 Å². The number of rotatable bonds is 3. The van der Waals surface area contributed by atoms with Gasteiger partial charge in [0.05, 0.1) is 0 Å². The average molecular weight is 128 g/mol. The molecule has 0 radical (unpaired) electrons. The largest absolute Gasteiger partial charge is 0.479 e. The molecule has 0 aromatic carbocycles. The van der Waals surface area contributed by atoms with Gasteiger partial charge in [-0.15, -0.1) is 6.42 Å². The number of carbonyl (C=O) groups is 1. The van der Waals surface area contributed by atoms with Crippen LogP contribution in [0.25, 0.3) is 0 Å². The fourth-order valence-corrected chi connectivity index (χ4v) is 0.244. The van der Waals surface area contributed by atoms with Crippen molar-refractivity contribution in [2.75, 3.05) is 6.61 Å². The third kappa shape index (κ3) is 3.56. The van der Waals surface area contributed by atoms with E-state index in [2.05, 4.69) is 10.7 Å². The molecule has 0 fully saturated rings. The lowest BCUT2D eigenvalue weighted by Gasteiger charge is -2.02. The maximum atomic E-state index is 10.0. The first-order valence-electron chi connectivity index (χ1n) is 2.46. The van der Waals surface area contributed by atoms with E-state index in [1.54, 1.807) is 0 Å². The van der Waals surface area contributed by atoms with Crippen molar-refractivity contribution < 1.29 is 14.6 Å². The standard InChI is InChI=1S/C6H8O3/c1-3-4-9-5(2)6(7)8/h1,5H,4H2,2H3,(H,7,8)/t5-/m1/s1. The lowest BCUT2D eigenvalue weighted by atomic mass is 10.4. The zero-order chi connectivity index (χ0) is 7.28. The van der Waals surface area contributed by atoms with Crippen molar-refractivity contribution in [1.82, 2.24) is 0 Å². The third-order valence-corrected chi connectivity index (χ3v) is 0.764. The Hall–Kier alpha value is -1.01. The smallest absolute Gasteiger partial charge is 0.332 e. The lowest BCUT2D eigenvalue weighted by Crippen LogP contribution is -2.19. The highest BCUT2D eigenvalue weighted by Crippen LogP contribution is 1.87. The zero-order valence-electron chi connectivity index (χ0n) is 5.13. The van der Waals surface area contributed by atoms with Gasteiger partial charge in [0.25, 0.3) is 0 Å². The number of carboxylic acids is 1. The number of terminal acetylenes is 1. The van der Waals surface area contributed by atoms with Gasteiger partial charge in [0, 0.05) is 0 Å². The summed E-state index contributed by atoms with van der Waals surface area (Å²) < 4.78 is 4.62. The Morgan fingerprint density at radius 2 is 2.56 bits per heavy atom. The highest BCUT2D eigenvalue weighted by Gasteiger charge is 2.08. The first-order valence-corrected chi connectivity index (χ1v) is 2.46. The molecular weight excluding hydrogens is 120 g/mol. The number of ether oxygens (including phenoxy) is 1. The Kier molecular flexibility index (Phi) is 3.49. The normalized spacial score (nSPS) is 12.0. The van der Waals surface area contributed by atoms with Gasteiger partial charge < -0.3 is 9.84 Å². The molecule has 9 heavy (non-hydrogen) atoms. The van der Waals surface area contributed by atoms with E-state index < -0.39 is 12.1 Å². The molecule has 0 amide bonds. The van der Waals surface area contributed by atoms with E-state index in [9.17, 15) is 4.79 Å². The maximum absolute atomic E-state index is 10.0. The fourth-order valence-electron chi connectivity index (χ4n) is 0.244. The van der Waals surface area contributed by atoms with Gasteiger partial charge in [-0.1, -0.05) is 5.92 Å². The predicted molar refractivity (Wildman–Crippen MR) is 31.9 cm³/mol. The van der Waals surface area contributed by atoms with Crippen LogP contribution in [0.1, 0.15) is 6.92 Å². The van der Waals surface area contributed by atoms with Crippen LogP contribution in [0.5, 0.6) is 0 Å². The Balaban J connectivity index is 3.41. The molecule has 0 aliphatic rings. The Bertz CT molecular complexity index is 134. The Morgan fingerprint density at radius 3 is 2.89 bits per heavy atom. The molecule has 3 nitrogen and oxygen atoms in total. The van der Waals surface area contributed by atoms with Crippen LogP contribution in [-0.2, 0) is 9.53 Å². The van der Waals surface area contributed by atoms with E-state index in [1.165, 1.54) is 6.92 Å². The monoisotopic (exact) mass is 128 g/mol. The van der Waals surface area contributed by atoms with E-state index in [4.69, 9.17) is 11.5 Å². The molecule has 3 heteroatoms. The van der Waals surface area contributed by atoms with Crippen LogP contribution in [0.4, 0.5) is 0 Å². The molecule has 0 saturated carbocycles. The van der Waals surface area contributed by atoms with Crippen LogP contribution in [0.15, 0.2) is 0 Å². The Morgan fingerprint density at radius 1 is 2.00 bits per heavy atom. The molecule has 0 aromatic rings. The summed E-state index contributed by atoms with van der Waals surface area (Å²) in [5.74, 6) is 1.17. The van der Waals surface area contributed by atoms with Gasteiger partial charge >= 0.3 is 5.97 Å². The Labute approximate surface area is 53.6 Å². The zero-order valence-corrected chi connectivity index (χ0v) is 5.13. The van der Waals surface area contributed by atoms with Gasteiger partial charge in [0.2, 0.25) is 0 Å². The van der Waals surface area contributed by atoms with Crippen molar-refractivity contribution in [3.8, 4) is 12.3 Å². The van der Waals surface area contributed by atoms with Crippen molar-refractivity contribution in [3.05, 3.63) is 0 Å². The summed E-state index contributed by atoms with van der Waals surface area (Å²) in [5, 5.41) is 8.22. The van der Waals surface area contributed by atoms with Crippen molar-refractivity contribution in [2.24, 2.45) is 0 Å². The van der Waals surface area contributed by atoms with Crippen LogP contribution >= 0.6 is 0 Å². The van der Waals surface area contributed by atoms with E-state index in [-0.39, 0.29) is 6.61 Å². The van der Waals surface area contributed by atoms with Crippen molar-refractivity contribution in [3.63, 3.8) is 0 Å². The molecule has 0 unspecified atom stereocenters. The minimum absolute atomic E-state index is 0.0491. The van der Waals surface area contributed by atoms with Crippen molar-refractivity contribution in [1.29, 1.82) is 0 Å². The molecule has 0 aromatic heterocycles. The number of aliphatic carboxylic acids is 1. The summed E-state index contributed by atoms with van der Waals surface area (Å²) in [6.07, 6.45) is 4.00. The molecule has 1 atom stereocenters. The van der Waals surface area contributed by atoms with E-state index in [0.29, 0.717) is 0 Å². The van der Waals surface area contributed by atoms with Crippen LogP contribution in [0, 0.1) is 12.3 Å². The van der Waals surface area contributed by atoms with Crippen molar-refractivity contribution in [2.45, 2.75) is 13.0 Å². The van der Waals surface area contributed by atoms with Gasteiger partial charge in [0.15, 0.2) is 6.10 Å². The van der Waals surface area contributed by atoms with Gasteiger partial charge in [-0.05, 0) is 6.92 Å². The van der Waals surface area contributed by atoms with Crippen LogP contribution in [-0.4, -0.2) is 23.8 Å². The summed E-state index contributed by atoms with van der Waals surface area (Å²) >= 11 is 0. The summed E-state index contributed by atoms with van der Waals surface area (Å²) in [7, 11) is 0. The second-order valence-corrected chi connectivity index (χ2v) is 1.50. The topological polar surface area (TPSA) is 46.5 Å². The quantitative estimate of drug-likeness (QED) is 0.549. The first-order chi connectivity index (χ1) is 4.18. The summed E-state index contributed by atoms with van der Waals surface area (Å²) in [6.45, 7) is 1.48. The molecule has 0 saturated heterocycles. The molecule has 0 rings (SSSR count). The lowest BCUT2D eigenvalue weighted by molar-refractivity contribution is -0.148. The fraction of sp³-hybridized carbons (Fsp3) is 0.500. The predicted octanol–water partition coefficient (Wildman–Crippen LogP) is 0.109. The third-order valence-electron chi connectivity index (χ3n) is 0.764. The highest BCUT2D eigenvalue weighted by molar-refractivity contribution is 5.71. The molecule has 0 heterocycles. The van der Waals surface area contributed by atoms with Crippen molar-refractivity contribution >= 4 is 5.97 Å². The molecule has 0 aliphatic carbocycles. The molecule has 0 aliphatic heterocycles. The summed E-state index contributed by atoms with van der Waals surface area (Å²) in [5.41, 5.74) is 0. The number of carboxylic acid groups (broad SMARTS) is 1. The molecule has 50 valence electrons. The number of hydrogen-bond donors (Lipinski definition) is 1. The van der Waals surface area contributed by atoms with Gasteiger partial charge in [-0.3, -0.25) is 0 Å². The second kappa shape index (κ2) is 3.93. The first kappa shape index (κ1) is 7.99. The van der Waals surface area contributed by atoms with Gasteiger partial charge in [0.1, 0.15) is 6.61 Å². The maximum Gasteiger partial charge on any atom is 0.332 e. The minimum Gasteiger partial charge on any atom is -0.479 e. The second-order valence-electron chi connectivity index (χ2n) is 1.50.